The van der Waals surface area contributed by atoms with Crippen LogP contribution in [0.5, 0.6) is 0 Å². The van der Waals surface area contributed by atoms with E-state index in [2.05, 4.69) is 15.4 Å². The smallest absolute Gasteiger partial charge is 0.331 e. The number of tetrazole rings is 1. The Morgan fingerprint density at radius 3 is 2.70 bits per heavy atom. The van der Waals surface area contributed by atoms with Gasteiger partial charge in [-0.3, -0.25) is 18.7 Å². The van der Waals surface area contributed by atoms with Crippen LogP contribution in [0.3, 0.4) is 0 Å². The van der Waals surface area contributed by atoms with E-state index in [9.17, 15) is 19.5 Å². The quantitative estimate of drug-likeness (QED) is 0.598. The third kappa shape index (κ3) is 3.51. The zero-order valence-corrected chi connectivity index (χ0v) is 12.7. The minimum absolute atomic E-state index is 0.0841. The highest BCUT2D eigenvalue weighted by Crippen LogP contribution is 1.95. The van der Waals surface area contributed by atoms with Gasteiger partial charge >= 0.3 is 5.69 Å². The maximum absolute atomic E-state index is 12.2. The molecule has 0 aliphatic heterocycles. The molecule has 2 aromatic heterocycles. The van der Waals surface area contributed by atoms with Crippen LogP contribution >= 0.6 is 0 Å². The molecule has 11 heteroatoms. The number of aliphatic hydroxyl groups is 1. The molecule has 0 radical (unpaired) electrons. The average molecular weight is 323 g/mol. The van der Waals surface area contributed by atoms with Gasteiger partial charge in [-0.2, -0.15) is 4.80 Å². The molecule has 124 valence electrons. The lowest BCUT2D eigenvalue weighted by Gasteiger charge is -2.08. The van der Waals surface area contributed by atoms with Crippen LogP contribution in [0.4, 0.5) is 0 Å². The first-order valence-corrected chi connectivity index (χ1v) is 6.92. The van der Waals surface area contributed by atoms with Crippen molar-refractivity contribution < 1.29 is 9.90 Å². The van der Waals surface area contributed by atoms with Gasteiger partial charge in [-0.15, -0.1) is 10.2 Å². The van der Waals surface area contributed by atoms with Gasteiger partial charge < -0.3 is 10.8 Å². The van der Waals surface area contributed by atoms with Gasteiger partial charge in [-0.25, -0.2) is 4.79 Å². The molecule has 0 aromatic carbocycles. The van der Waals surface area contributed by atoms with E-state index in [1.165, 1.54) is 4.80 Å². The van der Waals surface area contributed by atoms with Crippen molar-refractivity contribution in [3.8, 4) is 0 Å². The number of carbonyl (C=O) groups is 1. The maximum atomic E-state index is 12.2. The Morgan fingerprint density at radius 1 is 1.43 bits per heavy atom. The Morgan fingerprint density at radius 2 is 2.13 bits per heavy atom. The summed E-state index contributed by atoms with van der Waals surface area (Å²) < 4.78 is 2.02. The summed E-state index contributed by atoms with van der Waals surface area (Å²) >= 11 is 0. The number of amides is 1. The maximum Gasteiger partial charge on any atom is 0.331 e. The van der Waals surface area contributed by atoms with Crippen LogP contribution in [-0.4, -0.2) is 46.5 Å². The topological polar surface area (TPSA) is 151 Å². The molecule has 0 saturated heterocycles. The van der Waals surface area contributed by atoms with Crippen LogP contribution in [0.25, 0.3) is 0 Å². The molecule has 0 aliphatic carbocycles. The van der Waals surface area contributed by atoms with Crippen molar-refractivity contribution in [1.29, 1.82) is 0 Å². The third-order valence-corrected chi connectivity index (χ3v) is 3.05. The first-order valence-electron chi connectivity index (χ1n) is 6.92. The molecule has 0 spiro atoms. The summed E-state index contributed by atoms with van der Waals surface area (Å²) in [5, 5.41) is 20.8. The normalized spacial score (nSPS) is 12.3. The summed E-state index contributed by atoms with van der Waals surface area (Å²) in [6.45, 7) is 3.35. The van der Waals surface area contributed by atoms with Crippen molar-refractivity contribution in [2.75, 3.05) is 0 Å². The second-order valence-corrected chi connectivity index (χ2v) is 4.98. The largest absolute Gasteiger partial charge is 0.391 e. The zero-order chi connectivity index (χ0) is 17.1. The number of aromatic nitrogens is 6. The van der Waals surface area contributed by atoms with Gasteiger partial charge in [0.15, 0.2) is 5.82 Å². The standard InChI is InChI=1S/C12H17N7O4/c1-3-18-11(22)8(10(13)21)5-17(12(18)23)6-9-14-16-19(15-9)4-7(2)20/h5,7,20H,3-4,6H2,1-2H3,(H2,13,21)/t7-/m1/s1. The van der Waals surface area contributed by atoms with Crippen LogP contribution in [0.2, 0.25) is 0 Å². The van der Waals surface area contributed by atoms with E-state index in [-0.39, 0.29) is 31.0 Å². The molecular formula is C12H17N7O4. The molecule has 2 heterocycles. The van der Waals surface area contributed by atoms with Crippen molar-refractivity contribution in [2.24, 2.45) is 5.73 Å². The fourth-order valence-electron chi connectivity index (χ4n) is 2.02. The summed E-state index contributed by atoms with van der Waals surface area (Å²) in [7, 11) is 0. The summed E-state index contributed by atoms with van der Waals surface area (Å²) in [6.07, 6.45) is 0.442. The van der Waals surface area contributed by atoms with E-state index in [4.69, 9.17) is 5.73 Å². The highest BCUT2D eigenvalue weighted by atomic mass is 16.3. The molecular weight excluding hydrogens is 306 g/mol. The van der Waals surface area contributed by atoms with Gasteiger partial charge in [0.05, 0.1) is 19.2 Å². The van der Waals surface area contributed by atoms with Crippen molar-refractivity contribution >= 4 is 5.91 Å². The molecule has 1 amide bonds. The van der Waals surface area contributed by atoms with Crippen LogP contribution in [0.1, 0.15) is 30.0 Å². The lowest BCUT2D eigenvalue weighted by molar-refractivity contribution is 0.0997. The van der Waals surface area contributed by atoms with E-state index in [1.807, 2.05) is 0 Å². The molecule has 0 unspecified atom stereocenters. The predicted molar refractivity (Wildman–Crippen MR) is 77.8 cm³/mol. The molecule has 2 aromatic rings. The summed E-state index contributed by atoms with van der Waals surface area (Å²) in [5.74, 6) is -0.721. The molecule has 3 N–H and O–H groups in total. The molecule has 0 aliphatic rings. The van der Waals surface area contributed by atoms with E-state index < -0.39 is 23.3 Å². The Bertz CT molecular complexity index is 833. The minimum Gasteiger partial charge on any atom is -0.391 e. The Balaban J connectivity index is 2.41. The number of primary amides is 1. The predicted octanol–water partition coefficient (Wildman–Crippen LogP) is -2.46. The second kappa shape index (κ2) is 6.52. The molecule has 0 bridgehead atoms. The third-order valence-electron chi connectivity index (χ3n) is 3.05. The van der Waals surface area contributed by atoms with Gasteiger partial charge in [0.2, 0.25) is 0 Å². The lowest BCUT2D eigenvalue weighted by atomic mass is 10.3. The average Bonchev–Trinajstić information content (AvgIpc) is 2.88. The van der Waals surface area contributed by atoms with Crippen LogP contribution < -0.4 is 17.0 Å². The monoisotopic (exact) mass is 323 g/mol. The number of hydrogen-bond donors (Lipinski definition) is 2. The Kier molecular flexibility index (Phi) is 4.69. The van der Waals surface area contributed by atoms with E-state index in [0.717, 1.165) is 15.3 Å². The number of nitrogens with zero attached hydrogens (tertiary/aromatic N) is 6. The summed E-state index contributed by atoms with van der Waals surface area (Å²) in [4.78, 5) is 36.7. The number of nitrogens with two attached hydrogens (primary N) is 1. The number of aliphatic hydroxyl groups excluding tert-OH is 1. The van der Waals surface area contributed by atoms with E-state index in [0.29, 0.717) is 0 Å². The summed E-state index contributed by atoms with van der Waals surface area (Å²) in [5.41, 5.74) is 3.55. The fraction of sp³-hybridized carbons (Fsp3) is 0.500. The fourth-order valence-corrected chi connectivity index (χ4v) is 2.02. The van der Waals surface area contributed by atoms with Gasteiger partial charge in [0.1, 0.15) is 5.56 Å². The van der Waals surface area contributed by atoms with Gasteiger partial charge in [-0.1, -0.05) is 0 Å². The first kappa shape index (κ1) is 16.5. The molecule has 2 rings (SSSR count). The molecule has 0 fully saturated rings. The molecule has 23 heavy (non-hydrogen) atoms. The SMILES string of the molecule is CCn1c(=O)c(C(N)=O)cn(Cc2nnn(C[C@@H](C)O)n2)c1=O. The lowest BCUT2D eigenvalue weighted by Crippen LogP contribution is -2.43. The van der Waals surface area contributed by atoms with Gasteiger partial charge in [0.25, 0.3) is 11.5 Å². The molecule has 0 saturated carbocycles. The molecule has 11 nitrogen and oxygen atoms in total. The van der Waals surface area contributed by atoms with E-state index >= 15 is 0 Å². The highest BCUT2D eigenvalue weighted by Gasteiger charge is 2.16. The first-order chi connectivity index (χ1) is 10.8. The minimum atomic E-state index is -0.920. The zero-order valence-electron chi connectivity index (χ0n) is 12.7. The van der Waals surface area contributed by atoms with Crippen molar-refractivity contribution in [3.05, 3.63) is 38.4 Å². The van der Waals surface area contributed by atoms with Gasteiger partial charge in [-0.05, 0) is 19.1 Å². The Labute approximate surface area is 130 Å². The second-order valence-electron chi connectivity index (χ2n) is 4.98. The van der Waals surface area contributed by atoms with Crippen molar-refractivity contribution in [1.82, 2.24) is 29.3 Å². The number of carbonyl (C=O) groups excluding carboxylic acids is 1. The summed E-state index contributed by atoms with van der Waals surface area (Å²) in [6, 6.07) is 0. The van der Waals surface area contributed by atoms with Crippen LogP contribution in [-0.2, 0) is 19.6 Å². The number of hydrogen-bond acceptors (Lipinski definition) is 7. The Hall–Kier alpha value is -2.82. The van der Waals surface area contributed by atoms with Crippen LogP contribution in [0.15, 0.2) is 15.8 Å². The molecule has 1 atom stereocenters. The van der Waals surface area contributed by atoms with Crippen molar-refractivity contribution in [2.45, 2.75) is 39.6 Å². The number of rotatable bonds is 6. The van der Waals surface area contributed by atoms with E-state index in [1.54, 1.807) is 13.8 Å². The van der Waals surface area contributed by atoms with Gasteiger partial charge in [0, 0.05) is 12.7 Å². The van der Waals surface area contributed by atoms with Crippen molar-refractivity contribution in [3.63, 3.8) is 0 Å². The highest BCUT2D eigenvalue weighted by molar-refractivity contribution is 5.92. The van der Waals surface area contributed by atoms with Crippen LogP contribution in [0, 0.1) is 0 Å².